The third-order valence-corrected chi connectivity index (χ3v) is 4.19. The first kappa shape index (κ1) is 18.9. The second-order valence-corrected chi connectivity index (χ2v) is 5.84. The molecule has 0 saturated heterocycles. The quantitative estimate of drug-likeness (QED) is 0.508. The first-order valence-electron chi connectivity index (χ1n) is 8.93. The molecule has 0 atom stereocenters. The molecule has 0 bridgehead atoms. The van der Waals surface area contributed by atoms with Gasteiger partial charge in [-0.05, 0) is 42.8 Å². The fraction of sp³-hybridized carbons (Fsp3) is 0.318. The lowest BCUT2D eigenvalue weighted by molar-refractivity contribution is 0.0526. The molecule has 2 aromatic carbocycles. The second-order valence-electron chi connectivity index (χ2n) is 5.84. The molecule has 0 unspecified atom stereocenters. The molecule has 0 fully saturated rings. The zero-order valence-corrected chi connectivity index (χ0v) is 15.4. The van der Waals surface area contributed by atoms with Crippen LogP contribution < -0.4 is 0 Å². The number of ether oxygens (including phenoxy) is 1. The zero-order valence-electron chi connectivity index (χ0n) is 15.4. The molecule has 0 radical (unpaired) electrons. The van der Waals surface area contributed by atoms with E-state index >= 15 is 0 Å². The van der Waals surface area contributed by atoms with E-state index in [1.165, 1.54) is 5.56 Å². The van der Waals surface area contributed by atoms with Crippen molar-refractivity contribution >= 4 is 18.1 Å². The molecule has 132 valence electrons. The smallest absolute Gasteiger partial charge is 0.338 e. The van der Waals surface area contributed by atoms with Crippen LogP contribution in [0.15, 0.2) is 48.5 Å². The van der Waals surface area contributed by atoms with Crippen LogP contribution in [0.2, 0.25) is 0 Å². The van der Waals surface area contributed by atoms with E-state index < -0.39 is 0 Å². The number of carbonyl (C=O) groups excluding carboxylic acids is 1. The Hall–Kier alpha value is -2.39. The van der Waals surface area contributed by atoms with Crippen molar-refractivity contribution in [2.24, 2.45) is 0 Å². The van der Waals surface area contributed by atoms with Gasteiger partial charge in [0.15, 0.2) is 0 Å². The summed E-state index contributed by atoms with van der Waals surface area (Å²) < 4.78 is 5.12. The lowest BCUT2D eigenvalue weighted by Gasteiger charge is -2.17. The molecule has 2 aromatic rings. The summed E-state index contributed by atoms with van der Waals surface area (Å²) in [5.41, 5.74) is 3.89. The Morgan fingerprint density at radius 2 is 1.64 bits per heavy atom. The Morgan fingerprint density at radius 3 is 2.28 bits per heavy atom. The van der Waals surface area contributed by atoms with Crippen molar-refractivity contribution in [1.82, 2.24) is 4.90 Å². The number of carbonyl (C=O) groups is 1. The summed E-state index contributed by atoms with van der Waals surface area (Å²) in [6.45, 7) is 9.65. The van der Waals surface area contributed by atoms with Crippen LogP contribution in [0.3, 0.4) is 0 Å². The molecule has 0 N–H and O–H groups in total. The highest BCUT2D eigenvalue weighted by molar-refractivity contribution is 5.94. The van der Waals surface area contributed by atoms with Crippen molar-refractivity contribution in [3.05, 3.63) is 70.8 Å². The van der Waals surface area contributed by atoms with Gasteiger partial charge in [-0.2, -0.15) is 0 Å². The van der Waals surface area contributed by atoms with Gasteiger partial charge in [-0.1, -0.05) is 68.5 Å². The fourth-order valence-electron chi connectivity index (χ4n) is 2.66. The third-order valence-electron chi connectivity index (χ3n) is 4.19. The van der Waals surface area contributed by atoms with E-state index in [0.717, 1.165) is 30.8 Å². The molecule has 0 heterocycles. The van der Waals surface area contributed by atoms with Crippen LogP contribution in [0.5, 0.6) is 0 Å². The van der Waals surface area contributed by atoms with Crippen molar-refractivity contribution in [3.8, 4) is 0 Å². The van der Waals surface area contributed by atoms with Gasteiger partial charge in [0.25, 0.3) is 0 Å². The van der Waals surface area contributed by atoms with Crippen molar-refractivity contribution in [2.45, 2.75) is 27.3 Å². The largest absolute Gasteiger partial charge is 0.462 e. The molecule has 0 amide bonds. The molecule has 0 aromatic heterocycles. The fourth-order valence-corrected chi connectivity index (χ4v) is 2.66. The summed E-state index contributed by atoms with van der Waals surface area (Å²) >= 11 is 0. The average Bonchev–Trinajstić information content (AvgIpc) is 2.65. The van der Waals surface area contributed by atoms with E-state index in [-0.39, 0.29) is 5.97 Å². The standard InChI is InChI=1S/C22H27NO2/c1-4-23(5-2)17-19-13-11-18(12-14-19)15-16-20-9-7-8-10-21(20)22(24)25-6-3/h7-16H,4-6,17H2,1-3H3/b16-15+. The topological polar surface area (TPSA) is 29.5 Å². The molecule has 3 nitrogen and oxygen atoms in total. The van der Waals surface area contributed by atoms with Crippen LogP contribution >= 0.6 is 0 Å². The van der Waals surface area contributed by atoms with E-state index in [4.69, 9.17) is 4.74 Å². The van der Waals surface area contributed by atoms with Gasteiger partial charge in [0, 0.05) is 6.54 Å². The highest BCUT2D eigenvalue weighted by atomic mass is 16.5. The van der Waals surface area contributed by atoms with Gasteiger partial charge in [0.2, 0.25) is 0 Å². The number of nitrogens with zero attached hydrogens (tertiary/aromatic N) is 1. The monoisotopic (exact) mass is 337 g/mol. The molecule has 3 heteroatoms. The van der Waals surface area contributed by atoms with Gasteiger partial charge >= 0.3 is 5.97 Å². The number of hydrogen-bond acceptors (Lipinski definition) is 3. The highest BCUT2D eigenvalue weighted by Crippen LogP contribution is 2.15. The molecule has 0 spiro atoms. The van der Waals surface area contributed by atoms with Crippen molar-refractivity contribution < 1.29 is 9.53 Å². The second kappa shape index (κ2) is 9.80. The maximum absolute atomic E-state index is 12.0. The molecule has 25 heavy (non-hydrogen) atoms. The van der Waals surface area contributed by atoms with Crippen LogP contribution in [0, 0.1) is 0 Å². The predicted molar refractivity (Wildman–Crippen MR) is 104 cm³/mol. The Labute approximate surface area is 150 Å². The van der Waals surface area contributed by atoms with Crippen LogP contribution in [0.1, 0.15) is 47.8 Å². The molecule has 0 aliphatic carbocycles. The summed E-state index contributed by atoms with van der Waals surface area (Å²) in [6.07, 6.45) is 3.99. The maximum Gasteiger partial charge on any atom is 0.338 e. The molecule has 2 rings (SSSR count). The van der Waals surface area contributed by atoms with Crippen LogP contribution in [-0.4, -0.2) is 30.6 Å². The van der Waals surface area contributed by atoms with Crippen molar-refractivity contribution in [1.29, 1.82) is 0 Å². The number of benzene rings is 2. The zero-order chi connectivity index (χ0) is 18.1. The first-order valence-corrected chi connectivity index (χ1v) is 8.93. The van der Waals surface area contributed by atoms with Gasteiger partial charge < -0.3 is 4.74 Å². The van der Waals surface area contributed by atoms with Crippen LogP contribution in [0.25, 0.3) is 12.2 Å². The van der Waals surface area contributed by atoms with Gasteiger partial charge in [0.05, 0.1) is 12.2 Å². The highest BCUT2D eigenvalue weighted by Gasteiger charge is 2.09. The predicted octanol–water partition coefficient (Wildman–Crippen LogP) is 4.88. The molecular weight excluding hydrogens is 310 g/mol. The summed E-state index contributed by atoms with van der Waals surface area (Å²) in [7, 11) is 0. The van der Waals surface area contributed by atoms with Gasteiger partial charge in [0.1, 0.15) is 0 Å². The lowest BCUT2D eigenvalue weighted by Crippen LogP contribution is -2.21. The van der Waals surface area contributed by atoms with Gasteiger partial charge in [-0.15, -0.1) is 0 Å². The third kappa shape index (κ3) is 5.57. The summed E-state index contributed by atoms with van der Waals surface area (Å²) in [5, 5.41) is 0. The summed E-state index contributed by atoms with van der Waals surface area (Å²) in [5.74, 6) is -0.280. The average molecular weight is 337 g/mol. The Kier molecular flexibility index (Phi) is 7.42. The number of rotatable bonds is 8. The van der Waals surface area contributed by atoms with E-state index in [2.05, 4.69) is 43.0 Å². The van der Waals surface area contributed by atoms with Crippen LogP contribution in [-0.2, 0) is 11.3 Å². The van der Waals surface area contributed by atoms with Gasteiger partial charge in [-0.25, -0.2) is 4.79 Å². The van der Waals surface area contributed by atoms with E-state index in [1.54, 1.807) is 6.07 Å². The van der Waals surface area contributed by atoms with Crippen molar-refractivity contribution in [2.75, 3.05) is 19.7 Å². The van der Waals surface area contributed by atoms with Gasteiger partial charge in [-0.3, -0.25) is 4.90 Å². The van der Waals surface area contributed by atoms with Crippen LogP contribution in [0.4, 0.5) is 0 Å². The SMILES string of the molecule is CCOC(=O)c1ccccc1/C=C/c1ccc(CN(CC)CC)cc1. The Bertz CT molecular complexity index is 700. The summed E-state index contributed by atoms with van der Waals surface area (Å²) in [6, 6.07) is 16.1. The Balaban J connectivity index is 2.11. The molecule has 0 saturated carbocycles. The molecular formula is C22H27NO2. The lowest BCUT2D eigenvalue weighted by atomic mass is 10.1. The Morgan fingerprint density at radius 1 is 0.960 bits per heavy atom. The minimum absolute atomic E-state index is 0.280. The first-order chi connectivity index (χ1) is 12.2. The summed E-state index contributed by atoms with van der Waals surface area (Å²) in [4.78, 5) is 14.4. The molecule has 0 aliphatic heterocycles. The minimum atomic E-state index is -0.280. The normalized spacial score (nSPS) is 11.2. The number of esters is 1. The maximum atomic E-state index is 12.0. The minimum Gasteiger partial charge on any atom is -0.462 e. The van der Waals surface area contributed by atoms with E-state index in [1.807, 2.05) is 37.3 Å². The van der Waals surface area contributed by atoms with Crippen molar-refractivity contribution in [3.63, 3.8) is 0 Å². The van der Waals surface area contributed by atoms with E-state index in [0.29, 0.717) is 12.2 Å². The molecule has 0 aliphatic rings. The van der Waals surface area contributed by atoms with E-state index in [9.17, 15) is 4.79 Å². The number of hydrogen-bond donors (Lipinski definition) is 0.